The summed E-state index contributed by atoms with van der Waals surface area (Å²) in [6, 6.07) is 7.52. The van der Waals surface area contributed by atoms with Gasteiger partial charge < -0.3 is 4.74 Å². The van der Waals surface area contributed by atoms with Crippen molar-refractivity contribution in [3.05, 3.63) is 54.1 Å². The predicted octanol–water partition coefficient (Wildman–Crippen LogP) is 2.41. The molecule has 0 N–H and O–H groups in total. The maximum atomic E-state index is 11.4. The Hall–Kier alpha value is -2.10. The van der Waals surface area contributed by atoms with E-state index in [1.807, 2.05) is 12.1 Å². The Morgan fingerprint density at radius 3 is 2.70 bits per heavy atom. The van der Waals surface area contributed by atoms with E-state index in [4.69, 9.17) is 0 Å². The van der Waals surface area contributed by atoms with E-state index in [0.717, 1.165) is 18.7 Å². The van der Waals surface area contributed by atoms with Gasteiger partial charge in [0.25, 0.3) is 0 Å². The van der Waals surface area contributed by atoms with Gasteiger partial charge in [0.2, 0.25) is 6.33 Å². The van der Waals surface area contributed by atoms with Crippen LogP contribution in [-0.2, 0) is 17.8 Å². The number of carbonyl (C=O) groups excluding carboxylic acids is 1. The lowest BCUT2D eigenvalue weighted by molar-refractivity contribution is -0.687. The summed E-state index contributed by atoms with van der Waals surface area (Å²) in [6.45, 7) is 4.06. The maximum Gasteiger partial charge on any atom is 0.337 e. The van der Waals surface area contributed by atoms with E-state index >= 15 is 0 Å². The Morgan fingerprint density at radius 1 is 1.30 bits per heavy atom. The lowest BCUT2D eigenvalue weighted by Gasteiger charge is -2.01. The molecule has 0 unspecified atom stereocenters. The van der Waals surface area contributed by atoms with Crippen molar-refractivity contribution >= 4 is 5.97 Å². The van der Waals surface area contributed by atoms with Gasteiger partial charge in [0.1, 0.15) is 18.9 Å². The van der Waals surface area contributed by atoms with E-state index in [0.29, 0.717) is 5.56 Å². The van der Waals surface area contributed by atoms with Crippen molar-refractivity contribution in [2.45, 2.75) is 32.9 Å². The fraction of sp³-hybridized carbons (Fsp3) is 0.375. The molecule has 0 bridgehead atoms. The van der Waals surface area contributed by atoms with Crippen molar-refractivity contribution in [3.63, 3.8) is 0 Å². The molecule has 2 aromatic rings. The highest BCUT2D eigenvalue weighted by atomic mass is 16.5. The smallest absolute Gasteiger partial charge is 0.337 e. The number of imidazole rings is 1. The number of unbranched alkanes of at least 4 members (excludes halogenated alkanes) is 1. The van der Waals surface area contributed by atoms with Gasteiger partial charge in [-0.2, -0.15) is 0 Å². The van der Waals surface area contributed by atoms with Crippen molar-refractivity contribution in [1.82, 2.24) is 4.57 Å². The number of hydrogen-bond acceptors (Lipinski definition) is 2. The second kappa shape index (κ2) is 6.89. The number of hydrogen-bond donors (Lipinski definition) is 0. The molecule has 1 heterocycles. The summed E-state index contributed by atoms with van der Waals surface area (Å²) < 4.78 is 9.03. The van der Waals surface area contributed by atoms with E-state index in [2.05, 4.69) is 39.5 Å². The molecule has 0 spiro atoms. The number of aromatic nitrogens is 2. The molecule has 0 aliphatic heterocycles. The van der Waals surface area contributed by atoms with Crippen molar-refractivity contribution < 1.29 is 14.1 Å². The third kappa shape index (κ3) is 3.70. The van der Waals surface area contributed by atoms with Gasteiger partial charge in [0, 0.05) is 0 Å². The third-order valence-corrected chi connectivity index (χ3v) is 3.26. The topological polar surface area (TPSA) is 35.1 Å². The summed E-state index contributed by atoms with van der Waals surface area (Å²) in [5, 5.41) is 0. The van der Waals surface area contributed by atoms with Crippen molar-refractivity contribution in [2.24, 2.45) is 0 Å². The minimum atomic E-state index is -0.296. The second-order valence-electron chi connectivity index (χ2n) is 4.87. The summed E-state index contributed by atoms with van der Waals surface area (Å²) >= 11 is 0. The molecule has 0 atom stereocenters. The Labute approximate surface area is 119 Å². The number of rotatable bonds is 6. The predicted molar refractivity (Wildman–Crippen MR) is 76.4 cm³/mol. The van der Waals surface area contributed by atoms with Crippen LogP contribution in [0.1, 0.15) is 35.7 Å². The molecule has 0 fully saturated rings. The number of ether oxygens (including phenoxy) is 1. The van der Waals surface area contributed by atoms with Crippen LogP contribution in [0.4, 0.5) is 0 Å². The van der Waals surface area contributed by atoms with Gasteiger partial charge in [0.05, 0.1) is 19.2 Å². The monoisotopic (exact) mass is 273 g/mol. The lowest BCUT2D eigenvalue weighted by Crippen LogP contribution is -2.31. The first-order chi connectivity index (χ1) is 9.72. The van der Waals surface area contributed by atoms with Gasteiger partial charge in [-0.3, -0.25) is 0 Å². The zero-order valence-electron chi connectivity index (χ0n) is 12.1. The molecule has 0 radical (unpaired) electrons. The molecule has 0 saturated carbocycles. The highest BCUT2D eigenvalue weighted by molar-refractivity contribution is 5.89. The number of benzene rings is 1. The van der Waals surface area contributed by atoms with Crippen LogP contribution in [0.2, 0.25) is 0 Å². The molecular weight excluding hydrogens is 252 g/mol. The first-order valence-corrected chi connectivity index (χ1v) is 6.95. The van der Waals surface area contributed by atoms with E-state index < -0.39 is 0 Å². The van der Waals surface area contributed by atoms with E-state index in [-0.39, 0.29) is 5.97 Å². The Kier molecular flexibility index (Phi) is 4.93. The van der Waals surface area contributed by atoms with Crippen LogP contribution in [-0.4, -0.2) is 17.6 Å². The Morgan fingerprint density at radius 2 is 2.05 bits per heavy atom. The zero-order valence-corrected chi connectivity index (χ0v) is 12.1. The average Bonchev–Trinajstić information content (AvgIpc) is 2.92. The van der Waals surface area contributed by atoms with E-state index in [9.17, 15) is 4.79 Å². The molecule has 1 aromatic carbocycles. The number of nitrogens with zero attached hydrogens (tertiary/aromatic N) is 2. The van der Waals surface area contributed by atoms with Gasteiger partial charge >= 0.3 is 5.97 Å². The highest BCUT2D eigenvalue weighted by Crippen LogP contribution is 2.05. The Balaban J connectivity index is 1.99. The van der Waals surface area contributed by atoms with E-state index in [1.165, 1.54) is 20.0 Å². The molecule has 0 aliphatic carbocycles. The van der Waals surface area contributed by atoms with Crippen LogP contribution in [0.3, 0.4) is 0 Å². The molecule has 0 saturated heterocycles. The molecule has 2 rings (SSSR count). The summed E-state index contributed by atoms with van der Waals surface area (Å²) in [5.74, 6) is -0.296. The maximum absolute atomic E-state index is 11.4. The third-order valence-electron chi connectivity index (χ3n) is 3.26. The van der Waals surface area contributed by atoms with Crippen LogP contribution in [0, 0.1) is 0 Å². The lowest BCUT2D eigenvalue weighted by atomic mass is 10.1. The highest BCUT2D eigenvalue weighted by Gasteiger charge is 2.07. The van der Waals surface area contributed by atoms with Gasteiger partial charge in [0.15, 0.2) is 0 Å². The average molecular weight is 273 g/mol. The minimum absolute atomic E-state index is 0.296. The number of methoxy groups -OCH3 is 1. The Bertz CT molecular complexity index is 558. The van der Waals surface area contributed by atoms with Crippen LogP contribution in [0.5, 0.6) is 0 Å². The van der Waals surface area contributed by atoms with Gasteiger partial charge in [-0.1, -0.05) is 25.5 Å². The van der Waals surface area contributed by atoms with Crippen LogP contribution >= 0.6 is 0 Å². The largest absolute Gasteiger partial charge is 0.465 e. The fourth-order valence-corrected chi connectivity index (χ4v) is 2.08. The number of aryl methyl sites for hydroxylation is 1. The normalized spacial score (nSPS) is 10.5. The summed E-state index contributed by atoms with van der Waals surface area (Å²) in [6.07, 6.45) is 8.68. The molecular formula is C16H21N2O2+. The van der Waals surface area contributed by atoms with Crippen molar-refractivity contribution in [1.29, 1.82) is 0 Å². The molecule has 0 aliphatic rings. The molecule has 20 heavy (non-hydrogen) atoms. The number of esters is 1. The van der Waals surface area contributed by atoms with Crippen molar-refractivity contribution in [3.8, 4) is 0 Å². The van der Waals surface area contributed by atoms with Crippen molar-refractivity contribution in [2.75, 3.05) is 7.11 Å². The molecule has 4 heteroatoms. The van der Waals surface area contributed by atoms with Crippen LogP contribution in [0.15, 0.2) is 43.0 Å². The van der Waals surface area contributed by atoms with Gasteiger partial charge in [-0.05, 0) is 24.1 Å². The summed E-state index contributed by atoms with van der Waals surface area (Å²) in [4.78, 5) is 11.4. The van der Waals surface area contributed by atoms with Crippen LogP contribution < -0.4 is 4.57 Å². The quantitative estimate of drug-likeness (QED) is 0.598. The first-order valence-electron chi connectivity index (χ1n) is 6.95. The SMILES string of the molecule is CCCCn1cc[n+](Cc2ccc(C(=O)OC)cc2)c1. The summed E-state index contributed by atoms with van der Waals surface area (Å²) in [5.41, 5.74) is 1.75. The molecule has 106 valence electrons. The van der Waals surface area contributed by atoms with Crippen LogP contribution in [0.25, 0.3) is 0 Å². The van der Waals surface area contributed by atoms with Gasteiger partial charge in [-0.25, -0.2) is 13.9 Å². The minimum Gasteiger partial charge on any atom is -0.465 e. The molecule has 4 nitrogen and oxygen atoms in total. The van der Waals surface area contributed by atoms with E-state index in [1.54, 1.807) is 12.1 Å². The first kappa shape index (κ1) is 14.3. The zero-order chi connectivity index (χ0) is 14.4. The number of carbonyl (C=O) groups is 1. The molecule has 0 amide bonds. The fourth-order valence-electron chi connectivity index (χ4n) is 2.08. The standard InChI is InChI=1S/C16H21N2O2/c1-3-4-9-17-10-11-18(13-17)12-14-5-7-15(8-6-14)16(19)20-2/h5-8,10-11,13H,3-4,9,12H2,1-2H3/q+1. The van der Waals surface area contributed by atoms with Gasteiger partial charge in [-0.15, -0.1) is 0 Å². The summed E-state index contributed by atoms with van der Waals surface area (Å²) in [7, 11) is 1.39. The second-order valence-corrected chi connectivity index (χ2v) is 4.87. The molecule has 1 aromatic heterocycles.